The van der Waals surface area contributed by atoms with Crippen LogP contribution in [0, 0.1) is 0 Å². The molecule has 0 unspecified atom stereocenters. The first-order valence-corrected chi connectivity index (χ1v) is 4.70. The number of cyclic esters (lactones) is 2. The van der Waals surface area contributed by atoms with E-state index in [1.54, 1.807) is 0 Å². The van der Waals surface area contributed by atoms with Gasteiger partial charge in [0, 0.05) is 6.42 Å². The van der Waals surface area contributed by atoms with Crippen LogP contribution in [0.5, 0.6) is 0 Å². The van der Waals surface area contributed by atoms with Crippen LogP contribution in [0.3, 0.4) is 0 Å². The van der Waals surface area contributed by atoms with Crippen molar-refractivity contribution >= 4 is 6.16 Å². The van der Waals surface area contributed by atoms with Gasteiger partial charge in [0.05, 0.1) is 0 Å². The van der Waals surface area contributed by atoms with Crippen molar-refractivity contribution in [3.05, 3.63) is 0 Å². The first kappa shape index (κ1) is 9.36. The van der Waals surface area contributed by atoms with Crippen molar-refractivity contribution in [1.29, 1.82) is 0 Å². The summed E-state index contributed by atoms with van der Waals surface area (Å²) >= 11 is 0. The highest BCUT2D eigenvalue weighted by atomic mass is 16.9. The third-order valence-corrected chi connectivity index (χ3v) is 2.00. The second-order valence-electron chi connectivity index (χ2n) is 3.12. The van der Waals surface area contributed by atoms with Crippen LogP contribution in [0.2, 0.25) is 0 Å². The molecule has 0 saturated carbocycles. The third kappa shape index (κ3) is 3.11. The van der Waals surface area contributed by atoms with E-state index in [9.17, 15) is 4.79 Å². The molecule has 0 aromatic heterocycles. The molecule has 0 aromatic carbocycles. The summed E-state index contributed by atoms with van der Waals surface area (Å²) in [6.45, 7) is 2.19. The molecule has 0 radical (unpaired) electrons. The Kier molecular flexibility index (Phi) is 3.91. The van der Waals surface area contributed by atoms with Crippen molar-refractivity contribution in [1.82, 2.24) is 0 Å². The Morgan fingerprint density at radius 2 is 1.83 bits per heavy atom. The first-order chi connectivity index (χ1) is 5.83. The van der Waals surface area contributed by atoms with Crippen molar-refractivity contribution < 1.29 is 14.3 Å². The maximum Gasteiger partial charge on any atom is 0.514 e. The van der Waals surface area contributed by atoms with E-state index in [-0.39, 0.29) is 6.29 Å². The van der Waals surface area contributed by atoms with Gasteiger partial charge in [-0.15, -0.1) is 0 Å². The highest BCUT2D eigenvalue weighted by molar-refractivity contribution is 5.63. The van der Waals surface area contributed by atoms with Crippen LogP contribution in [0.1, 0.15) is 45.4 Å². The van der Waals surface area contributed by atoms with Crippen LogP contribution >= 0.6 is 0 Å². The summed E-state index contributed by atoms with van der Waals surface area (Å²) in [6.07, 6.45) is 6.24. The van der Waals surface area contributed by atoms with Crippen molar-refractivity contribution in [2.24, 2.45) is 0 Å². The van der Waals surface area contributed by atoms with E-state index in [4.69, 9.17) is 0 Å². The fraction of sp³-hybridized carbons (Fsp3) is 0.889. The maximum atomic E-state index is 10.2. The fourth-order valence-electron chi connectivity index (χ4n) is 1.26. The van der Waals surface area contributed by atoms with Gasteiger partial charge in [0.15, 0.2) is 0 Å². The zero-order valence-corrected chi connectivity index (χ0v) is 7.54. The van der Waals surface area contributed by atoms with Gasteiger partial charge in [0.1, 0.15) is 0 Å². The van der Waals surface area contributed by atoms with E-state index in [0.717, 1.165) is 12.8 Å². The molecule has 12 heavy (non-hydrogen) atoms. The molecule has 3 nitrogen and oxygen atoms in total. The summed E-state index contributed by atoms with van der Waals surface area (Å²) < 4.78 is 9.37. The molecule has 1 aliphatic rings. The fourth-order valence-corrected chi connectivity index (χ4v) is 1.26. The molecule has 70 valence electrons. The van der Waals surface area contributed by atoms with E-state index >= 15 is 0 Å². The second kappa shape index (κ2) is 5.01. The standard InChI is InChI=1S/C9H16O3/c1-2-3-4-5-6-7-8-11-9(10)12-8/h8H,2-7H2,1H3. The Morgan fingerprint density at radius 3 is 2.42 bits per heavy atom. The number of hydrogen-bond acceptors (Lipinski definition) is 3. The van der Waals surface area contributed by atoms with Crippen LogP contribution in [-0.4, -0.2) is 12.4 Å². The lowest BCUT2D eigenvalue weighted by molar-refractivity contribution is -0.185. The minimum absolute atomic E-state index is 0.237. The van der Waals surface area contributed by atoms with Gasteiger partial charge in [-0.2, -0.15) is 0 Å². The van der Waals surface area contributed by atoms with Gasteiger partial charge < -0.3 is 9.47 Å². The van der Waals surface area contributed by atoms with Crippen molar-refractivity contribution in [3.8, 4) is 0 Å². The molecule has 1 aliphatic heterocycles. The first-order valence-electron chi connectivity index (χ1n) is 4.70. The van der Waals surface area contributed by atoms with Crippen LogP contribution in [-0.2, 0) is 9.47 Å². The minimum Gasteiger partial charge on any atom is -0.394 e. The van der Waals surface area contributed by atoms with Crippen LogP contribution < -0.4 is 0 Å². The molecule has 1 fully saturated rings. The van der Waals surface area contributed by atoms with Gasteiger partial charge in [0.2, 0.25) is 0 Å². The summed E-state index contributed by atoms with van der Waals surface area (Å²) in [7, 11) is 0. The molecule has 0 amide bonds. The zero-order chi connectivity index (χ0) is 8.81. The average Bonchev–Trinajstić information content (AvgIpc) is 2.00. The average molecular weight is 172 g/mol. The molecular formula is C9H16O3. The smallest absolute Gasteiger partial charge is 0.394 e. The minimum atomic E-state index is -0.520. The van der Waals surface area contributed by atoms with Gasteiger partial charge in [0.25, 0.3) is 6.29 Å². The van der Waals surface area contributed by atoms with E-state index < -0.39 is 6.16 Å². The van der Waals surface area contributed by atoms with Crippen LogP contribution in [0.15, 0.2) is 0 Å². The number of ether oxygens (including phenoxy) is 2. The molecule has 3 heteroatoms. The predicted molar refractivity (Wildman–Crippen MR) is 44.7 cm³/mol. The van der Waals surface area contributed by atoms with Crippen molar-refractivity contribution in [3.63, 3.8) is 0 Å². The van der Waals surface area contributed by atoms with Gasteiger partial charge in [-0.1, -0.05) is 32.6 Å². The molecule has 1 heterocycles. The summed E-state index contributed by atoms with van der Waals surface area (Å²) in [4.78, 5) is 10.2. The normalized spacial score (nSPS) is 16.6. The van der Waals surface area contributed by atoms with E-state index in [1.807, 2.05) is 0 Å². The quantitative estimate of drug-likeness (QED) is 0.456. The van der Waals surface area contributed by atoms with E-state index in [1.165, 1.54) is 25.7 Å². The lowest BCUT2D eigenvalue weighted by Gasteiger charge is -2.25. The predicted octanol–water partition coefficient (Wildman–Crippen LogP) is 2.84. The Balaban J connectivity index is 1.80. The Labute approximate surface area is 73.0 Å². The van der Waals surface area contributed by atoms with Crippen LogP contribution in [0.4, 0.5) is 4.79 Å². The Bertz CT molecular complexity index is 137. The van der Waals surface area contributed by atoms with Crippen molar-refractivity contribution in [2.75, 3.05) is 0 Å². The number of carbonyl (C=O) groups is 1. The molecule has 0 bridgehead atoms. The number of rotatable bonds is 6. The SMILES string of the molecule is CCCCCCCC1OC(=O)O1. The highest BCUT2D eigenvalue weighted by Gasteiger charge is 2.28. The molecular weight excluding hydrogens is 156 g/mol. The molecule has 0 aromatic rings. The second-order valence-corrected chi connectivity index (χ2v) is 3.12. The summed E-state index contributed by atoms with van der Waals surface area (Å²) in [5.41, 5.74) is 0. The molecule has 1 saturated heterocycles. The third-order valence-electron chi connectivity index (χ3n) is 2.00. The molecule has 0 atom stereocenters. The number of unbranched alkanes of at least 4 members (excludes halogenated alkanes) is 4. The number of carbonyl (C=O) groups excluding carboxylic acids is 1. The van der Waals surface area contributed by atoms with Crippen molar-refractivity contribution in [2.45, 2.75) is 51.7 Å². The largest absolute Gasteiger partial charge is 0.514 e. The molecule has 0 N–H and O–H groups in total. The van der Waals surface area contributed by atoms with E-state index in [0.29, 0.717) is 0 Å². The molecule has 1 rings (SSSR count). The molecule has 0 spiro atoms. The van der Waals surface area contributed by atoms with Gasteiger partial charge in [-0.05, 0) is 6.42 Å². The number of hydrogen-bond donors (Lipinski definition) is 0. The highest BCUT2D eigenvalue weighted by Crippen LogP contribution is 2.17. The Morgan fingerprint density at radius 1 is 1.17 bits per heavy atom. The summed E-state index contributed by atoms with van der Waals surface area (Å²) in [5, 5.41) is 0. The topological polar surface area (TPSA) is 35.5 Å². The lowest BCUT2D eigenvalue weighted by atomic mass is 10.1. The van der Waals surface area contributed by atoms with Crippen LogP contribution in [0.25, 0.3) is 0 Å². The maximum absolute atomic E-state index is 10.2. The monoisotopic (exact) mass is 172 g/mol. The van der Waals surface area contributed by atoms with Gasteiger partial charge >= 0.3 is 6.16 Å². The van der Waals surface area contributed by atoms with Gasteiger partial charge in [-0.25, -0.2) is 4.79 Å². The Hall–Kier alpha value is -0.730. The summed E-state index contributed by atoms with van der Waals surface area (Å²) in [6, 6.07) is 0. The lowest BCUT2D eigenvalue weighted by Crippen LogP contribution is -2.35. The summed E-state index contributed by atoms with van der Waals surface area (Å²) in [5.74, 6) is 0. The zero-order valence-electron chi connectivity index (χ0n) is 7.54. The van der Waals surface area contributed by atoms with E-state index in [2.05, 4.69) is 16.4 Å². The molecule has 0 aliphatic carbocycles. The van der Waals surface area contributed by atoms with Gasteiger partial charge in [-0.3, -0.25) is 0 Å².